The number of hydrogen-bond acceptors (Lipinski definition) is 1. The number of hydrogen-bond donors (Lipinski definition) is 1. The van der Waals surface area contributed by atoms with Crippen LogP contribution in [0.1, 0.15) is 24.9 Å². The van der Waals surface area contributed by atoms with Crippen molar-refractivity contribution < 1.29 is 4.79 Å². The third-order valence-corrected chi connectivity index (χ3v) is 2.68. The number of halogens is 2. The number of alkyl halides is 1. The van der Waals surface area contributed by atoms with Crippen LogP contribution in [0.3, 0.4) is 0 Å². The second-order valence-electron chi connectivity index (χ2n) is 3.28. The Kier molecular flexibility index (Phi) is 5.12. The van der Waals surface area contributed by atoms with Gasteiger partial charge < -0.3 is 5.32 Å². The van der Waals surface area contributed by atoms with Gasteiger partial charge in [0.25, 0.3) is 0 Å². The van der Waals surface area contributed by atoms with Crippen LogP contribution in [0.25, 0.3) is 0 Å². The SMILES string of the molecule is C[C@@H](NC(=O)CCBr)c1cccc(Cl)c1. The number of nitrogens with one attached hydrogen (secondary N) is 1. The number of amides is 1. The van der Waals surface area contributed by atoms with Gasteiger partial charge in [0.15, 0.2) is 0 Å². The van der Waals surface area contributed by atoms with Gasteiger partial charge >= 0.3 is 0 Å². The van der Waals surface area contributed by atoms with Gasteiger partial charge in [-0.05, 0) is 24.6 Å². The van der Waals surface area contributed by atoms with Crippen LogP contribution in [0.5, 0.6) is 0 Å². The molecule has 0 unspecified atom stereocenters. The highest BCUT2D eigenvalue weighted by molar-refractivity contribution is 9.09. The standard InChI is InChI=1S/C11H13BrClNO/c1-8(14-11(15)5-6-12)9-3-2-4-10(13)7-9/h2-4,7-8H,5-6H2,1H3,(H,14,15)/t8-/m1/s1. The zero-order valence-electron chi connectivity index (χ0n) is 8.47. The summed E-state index contributed by atoms with van der Waals surface area (Å²) in [6.07, 6.45) is 0.491. The van der Waals surface area contributed by atoms with E-state index in [2.05, 4.69) is 21.2 Å². The molecule has 0 spiro atoms. The predicted molar refractivity (Wildman–Crippen MR) is 66.4 cm³/mol. The normalized spacial score (nSPS) is 12.2. The number of carbonyl (C=O) groups excluding carboxylic acids is 1. The lowest BCUT2D eigenvalue weighted by Gasteiger charge is -2.14. The minimum Gasteiger partial charge on any atom is -0.350 e. The molecule has 15 heavy (non-hydrogen) atoms. The summed E-state index contributed by atoms with van der Waals surface area (Å²) in [5, 5.41) is 4.27. The van der Waals surface area contributed by atoms with Crippen LogP contribution in [0.2, 0.25) is 5.02 Å². The van der Waals surface area contributed by atoms with Crippen LogP contribution in [0.4, 0.5) is 0 Å². The summed E-state index contributed by atoms with van der Waals surface area (Å²) < 4.78 is 0. The van der Waals surface area contributed by atoms with E-state index < -0.39 is 0 Å². The first-order valence-electron chi connectivity index (χ1n) is 4.74. The van der Waals surface area contributed by atoms with E-state index in [0.29, 0.717) is 16.8 Å². The highest BCUT2D eigenvalue weighted by Gasteiger charge is 2.08. The first-order valence-corrected chi connectivity index (χ1v) is 6.24. The van der Waals surface area contributed by atoms with Crippen LogP contribution < -0.4 is 5.32 Å². The van der Waals surface area contributed by atoms with Crippen LogP contribution in [-0.4, -0.2) is 11.2 Å². The molecule has 1 amide bonds. The van der Waals surface area contributed by atoms with E-state index in [1.807, 2.05) is 31.2 Å². The lowest BCUT2D eigenvalue weighted by molar-refractivity contribution is -0.121. The molecule has 1 atom stereocenters. The van der Waals surface area contributed by atoms with Gasteiger partial charge in [-0.3, -0.25) is 4.79 Å². The summed E-state index contributed by atoms with van der Waals surface area (Å²) in [7, 11) is 0. The molecule has 1 N–H and O–H groups in total. The second-order valence-corrected chi connectivity index (χ2v) is 4.51. The summed E-state index contributed by atoms with van der Waals surface area (Å²) in [6.45, 7) is 1.94. The maximum absolute atomic E-state index is 11.3. The Labute approximate surface area is 103 Å². The Morgan fingerprint density at radius 3 is 2.93 bits per heavy atom. The van der Waals surface area contributed by atoms with Gasteiger partial charge in [-0.15, -0.1) is 0 Å². The van der Waals surface area contributed by atoms with Crippen molar-refractivity contribution in [2.45, 2.75) is 19.4 Å². The molecule has 1 aromatic rings. The van der Waals surface area contributed by atoms with Crippen LogP contribution in [0.15, 0.2) is 24.3 Å². The van der Waals surface area contributed by atoms with Crippen molar-refractivity contribution >= 4 is 33.4 Å². The molecule has 0 aromatic heterocycles. The van der Waals surface area contributed by atoms with Gasteiger partial charge in [-0.2, -0.15) is 0 Å². The fourth-order valence-electron chi connectivity index (χ4n) is 1.26. The number of benzene rings is 1. The average molecular weight is 291 g/mol. The van der Waals surface area contributed by atoms with Gasteiger partial charge in [-0.1, -0.05) is 39.7 Å². The van der Waals surface area contributed by atoms with Crippen molar-refractivity contribution in [3.63, 3.8) is 0 Å². The molecular weight excluding hydrogens is 277 g/mol. The van der Waals surface area contributed by atoms with E-state index in [9.17, 15) is 4.79 Å². The van der Waals surface area contributed by atoms with E-state index in [-0.39, 0.29) is 11.9 Å². The van der Waals surface area contributed by atoms with Crippen LogP contribution in [0, 0.1) is 0 Å². The van der Waals surface area contributed by atoms with E-state index in [1.165, 1.54) is 0 Å². The lowest BCUT2D eigenvalue weighted by Crippen LogP contribution is -2.26. The summed E-state index contributed by atoms with van der Waals surface area (Å²) >= 11 is 9.09. The topological polar surface area (TPSA) is 29.1 Å². The maximum atomic E-state index is 11.3. The number of carbonyl (C=O) groups is 1. The first-order chi connectivity index (χ1) is 7.13. The van der Waals surface area contributed by atoms with Crippen molar-refractivity contribution in [3.8, 4) is 0 Å². The second kappa shape index (κ2) is 6.13. The molecule has 0 fully saturated rings. The Morgan fingerprint density at radius 2 is 2.33 bits per heavy atom. The fraction of sp³-hybridized carbons (Fsp3) is 0.364. The van der Waals surface area contributed by atoms with E-state index in [4.69, 9.17) is 11.6 Å². The minimum absolute atomic E-state index is 0.00440. The maximum Gasteiger partial charge on any atom is 0.221 e. The highest BCUT2D eigenvalue weighted by Crippen LogP contribution is 2.17. The van der Waals surface area contributed by atoms with Gasteiger partial charge in [0.1, 0.15) is 0 Å². The largest absolute Gasteiger partial charge is 0.350 e. The summed E-state index contributed by atoms with van der Waals surface area (Å²) in [5.41, 5.74) is 1.02. The molecule has 0 aliphatic heterocycles. The summed E-state index contributed by atoms with van der Waals surface area (Å²) in [4.78, 5) is 11.3. The van der Waals surface area contributed by atoms with Gasteiger partial charge in [0.2, 0.25) is 5.91 Å². The average Bonchev–Trinajstić information content (AvgIpc) is 2.18. The fourth-order valence-corrected chi connectivity index (χ4v) is 1.82. The van der Waals surface area contributed by atoms with Crippen molar-refractivity contribution in [1.29, 1.82) is 0 Å². The van der Waals surface area contributed by atoms with E-state index in [0.717, 1.165) is 5.56 Å². The third-order valence-electron chi connectivity index (χ3n) is 2.05. The molecule has 1 rings (SSSR count). The molecule has 0 saturated heterocycles. The zero-order valence-corrected chi connectivity index (χ0v) is 10.8. The molecule has 1 aromatic carbocycles. The predicted octanol–water partition coefficient (Wildman–Crippen LogP) is 3.30. The van der Waals surface area contributed by atoms with Gasteiger partial charge in [0.05, 0.1) is 6.04 Å². The van der Waals surface area contributed by atoms with Crippen LogP contribution >= 0.6 is 27.5 Å². The molecular formula is C11H13BrClNO. The van der Waals surface area contributed by atoms with Crippen molar-refractivity contribution in [2.75, 3.05) is 5.33 Å². The van der Waals surface area contributed by atoms with Crippen molar-refractivity contribution in [2.24, 2.45) is 0 Å². The monoisotopic (exact) mass is 289 g/mol. The summed E-state index contributed by atoms with van der Waals surface area (Å²) in [6, 6.07) is 7.50. The first kappa shape index (κ1) is 12.5. The number of rotatable bonds is 4. The van der Waals surface area contributed by atoms with E-state index >= 15 is 0 Å². The molecule has 0 radical (unpaired) electrons. The Morgan fingerprint density at radius 1 is 1.60 bits per heavy atom. The molecule has 82 valence electrons. The molecule has 0 aliphatic rings. The molecule has 0 bridgehead atoms. The Bertz CT molecular complexity index is 343. The zero-order chi connectivity index (χ0) is 11.3. The van der Waals surface area contributed by atoms with Gasteiger partial charge in [-0.25, -0.2) is 0 Å². The quantitative estimate of drug-likeness (QED) is 0.847. The molecule has 0 saturated carbocycles. The smallest absolute Gasteiger partial charge is 0.221 e. The molecule has 0 heterocycles. The van der Waals surface area contributed by atoms with Crippen LogP contribution in [-0.2, 0) is 4.79 Å². The molecule has 4 heteroatoms. The Hall–Kier alpha value is -0.540. The highest BCUT2D eigenvalue weighted by atomic mass is 79.9. The summed E-state index contributed by atoms with van der Waals surface area (Å²) in [5.74, 6) is 0.0411. The van der Waals surface area contributed by atoms with Gasteiger partial charge in [0, 0.05) is 16.8 Å². The lowest BCUT2D eigenvalue weighted by atomic mass is 10.1. The van der Waals surface area contributed by atoms with Crippen molar-refractivity contribution in [1.82, 2.24) is 5.32 Å². The Balaban J connectivity index is 2.60. The molecule has 2 nitrogen and oxygen atoms in total. The van der Waals surface area contributed by atoms with Crippen molar-refractivity contribution in [3.05, 3.63) is 34.9 Å². The minimum atomic E-state index is -0.00440. The third kappa shape index (κ3) is 4.22. The molecule has 0 aliphatic carbocycles. The van der Waals surface area contributed by atoms with E-state index in [1.54, 1.807) is 0 Å².